The van der Waals surface area contributed by atoms with Gasteiger partial charge in [-0.2, -0.15) is 0 Å². The minimum atomic E-state index is -0.222. The Bertz CT molecular complexity index is 836. The molecule has 1 spiro atoms. The van der Waals surface area contributed by atoms with Crippen LogP contribution in [0.5, 0.6) is 0 Å². The average Bonchev–Trinajstić information content (AvgIpc) is 2.57. The lowest BCUT2D eigenvalue weighted by Gasteiger charge is -2.56. The van der Waals surface area contributed by atoms with Crippen LogP contribution in [0.15, 0.2) is 35.3 Å². The number of hydrogen-bond donors (Lipinski definition) is 0. The fourth-order valence-electron chi connectivity index (χ4n) is 3.98. The van der Waals surface area contributed by atoms with Gasteiger partial charge in [-0.05, 0) is 38.4 Å². The number of carbonyl (C=O) groups is 1. The molecule has 2 fully saturated rings. The highest BCUT2D eigenvalue weighted by atomic mass is 16.2. The number of carbonyl (C=O) groups excluding carboxylic acids is 1. The van der Waals surface area contributed by atoms with Gasteiger partial charge in [0.2, 0.25) is 5.91 Å². The molecule has 2 aliphatic rings. The maximum Gasteiger partial charge on any atom is 0.269 e. The van der Waals surface area contributed by atoms with E-state index in [-0.39, 0.29) is 23.6 Å². The molecule has 3 heterocycles. The molecule has 126 valence electrons. The molecule has 2 saturated heterocycles. The lowest BCUT2D eigenvalue weighted by molar-refractivity contribution is -0.152. The Morgan fingerprint density at radius 3 is 2.58 bits per heavy atom. The normalized spacial score (nSPS) is 20.3. The summed E-state index contributed by atoms with van der Waals surface area (Å²) in [6, 6.07) is 7.46. The van der Waals surface area contributed by atoms with Gasteiger partial charge < -0.3 is 9.80 Å². The summed E-state index contributed by atoms with van der Waals surface area (Å²) in [5.41, 5.74) is 1.26. The molecule has 1 amide bonds. The van der Waals surface area contributed by atoms with Crippen LogP contribution in [0.4, 0.5) is 0 Å². The predicted octanol–water partition coefficient (Wildman–Crippen LogP) is 1.09. The first-order valence-corrected chi connectivity index (χ1v) is 8.53. The van der Waals surface area contributed by atoms with Gasteiger partial charge >= 0.3 is 0 Å². The number of hydrogen-bond acceptors (Lipinski definition) is 4. The first-order valence-electron chi connectivity index (χ1n) is 8.53. The van der Waals surface area contributed by atoms with Crippen molar-refractivity contribution in [3.63, 3.8) is 0 Å². The number of benzene rings is 1. The molecule has 6 nitrogen and oxygen atoms in total. The molecule has 1 aromatic heterocycles. The van der Waals surface area contributed by atoms with Crippen molar-refractivity contribution in [2.75, 3.05) is 26.7 Å². The summed E-state index contributed by atoms with van der Waals surface area (Å²) in [4.78, 5) is 33.6. The van der Waals surface area contributed by atoms with Crippen LogP contribution in [-0.4, -0.2) is 57.5 Å². The Balaban J connectivity index is 1.59. The monoisotopic (exact) mass is 326 g/mol. The van der Waals surface area contributed by atoms with E-state index in [0.29, 0.717) is 0 Å². The van der Waals surface area contributed by atoms with Crippen molar-refractivity contribution in [3.8, 4) is 0 Å². The lowest BCUT2D eigenvalue weighted by atomic mass is 9.76. The van der Waals surface area contributed by atoms with Gasteiger partial charge in [0.1, 0.15) is 6.54 Å². The first kappa shape index (κ1) is 15.3. The van der Waals surface area contributed by atoms with Crippen LogP contribution in [0.1, 0.15) is 19.3 Å². The molecule has 0 unspecified atom stereocenters. The molecule has 0 aliphatic carbocycles. The number of fused-ring (bicyclic) bond motifs is 1. The molecular weight excluding hydrogens is 304 g/mol. The zero-order valence-corrected chi connectivity index (χ0v) is 13.9. The third kappa shape index (κ3) is 2.41. The van der Waals surface area contributed by atoms with E-state index in [1.54, 1.807) is 4.57 Å². The second kappa shape index (κ2) is 5.70. The molecule has 0 radical (unpaired) electrons. The van der Waals surface area contributed by atoms with E-state index in [9.17, 15) is 9.59 Å². The molecule has 0 atom stereocenters. The Labute approximate surface area is 140 Å². The first-order chi connectivity index (χ1) is 11.6. The summed E-state index contributed by atoms with van der Waals surface area (Å²) in [7, 11) is 2.13. The summed E-state index contributed by atoms with van der Waals surface area (Å²) in [6.07, 6.45) is 4.44. The molecule has 0 bridgehead atoms. The SMILES string of the molecule is CN1CCC2(CC1)CCN2C(=O)Cn1c(=O)cnc2ccccc21. The quantitative estimate of drug-likeness (QED) is 0.829. The standard InChI is InChI=1S/C18H22N4O2/c1-20-9-6-18(7-10-20)8-11-22(18)17(24)13-21-15-5-3-2-4-14(15)19-12-16(21)23/h2-5,12H,6-11,13H2,1H3. The maximum absolute atomic E-state index is 12.9. The maximum atomic E-state index is 12.9. The summed E-state index contributed by atoms with van der Waals surface area (Å²) >= 11 is 0. The van der Waals surface area contributed by atoms with Crippen molar-refractivity contribution in [1.29, 1.82) is 0 Å². The van der Waals surface area contributed by atoms with Crippen LogP contribution in [0.3, 0.4) is 0 Å². The number of rotatable bonds is 2. The molecule has 1 aromatic carbocycles. The van der Waals surface area contributed by atoms with Crippen LogP contribution in [0.2, 0.25) is 0 Å². The minimum Gasteiger partial charge on any atom is -0.335 e. The number of aromatic nitrogens is 2. The summed E-state index contributed by atoms with van der Waals surface area (Å²) in [5, 5.41) is 0. The molecule has 24 heavy (non-hydrogen) atoms. The van der Waals surface area contributed by atoms with Crippen LogP contribution in [0.25, 0.3) is 11.0 Å². The lowest BCUT2D eigenvalue weighted by Crippen LogP contribution is -2.66. The molecule has 2 aromatic rings. The highest BCUT2D eigenvalue weighted by molar-refractivity contribution is 5.81. The Hall–Kier alpha value is -2.21. The second-order valence-corrected chi connectivity index (χ2v) is 6.99. The summed E-state index contributed by atoms with van der Waals surface area (Å²) in [5.74, 6) is 0.0456. The average molecular weight is 326 g/mol. The number of piperidine rings is 1. The van der Waals surface area contributed by atoms with Crippen molar-refractivity contribution < 1.29 is 4.79 Å². The number of nitrogens with zero attached hydrogens (tertiary/aromatic N) is 4. The van der Waals surface area contributed by atoms with Crippen molar-refractivity contribution in [2.45, 2.75) is 31.3 Å². The Kier molecular flexibility index (Phi) is 3.64. The fourth-order valence-corrected chi connectivity index (χ4v) is 3.98. The van der Waals surface area contributed by atoms with Gasteiger partial charge in [0.05, 0.1) is 17.2 Å². The number of likely N-dealkylation sites (tertiary alicyclic amines) is 2. The smallest absolute Gasteiger partial charge is 0.269 e. The van der Waals surface area contributed by atoms with Crippen LogP contribution >= 0.6 is 0 Å². The Morgan fingerprint density at radius 1 is 1.17 bits per heavy atom. The van der Waals surface area contributed by atoms with E-state index in [0.717, 1.165) is 49.9 Å². The van der Waals surface area contributed by atoms with Crippen LogP contribution in [-0.2, 0) is 11.3 Å². The summed E-state index contributed by atoms with van der Waals surface area (Å²) < 4.78 is 1.55. The van der Waals surface area contributed by atoms with Crippen molar-refractivity contribution in [3.05, 3.63) is 40.8 Å². The van der Waals surface area contributed by atoms with Crippen molar-refractivity contribution >= 4 is 16.9 Å². The van der Waals surface area contributed by atoms with Crippen LogP contribution < -0.4 is 5.56 Å². The van der Waals surface area contributed by atoms with Gasteiger partial charge in [0.25, 0.3) is 5.56 Å². The topological polar surface area (TPSA) is 58.4 Å². The predicted molar refractivity (Wildman–Crippen MR) is 91.8 cm³/mol. The third-order valence-corrected chi connectivity index (χ3v) is 5.64. The van der Waals surface area contributed by atoms with Gasteiger partial charge in [0.15, 0.2) is 0 Å². The summed E-state index contributed by atoms with van der Waals surface area (Å²) in [6.45, 7) is 2.96. The molecule has 4 rings (SSSR count). The third-order valence-electron chi connectivity index (χ3n) is 5.64. The van der Waals surface area contributed by atoms with Gasteiger partial charge in [-0.1, -0.05) is 12.1 Å². The van der Waals surface area contributed by atoms with Gasteiger partial charge in [-0.25, -0.2) is 4.98 Å². The van der Waals surface area contributed by atoms with E-state index in [1.165, 1.54) is 6.20 Å². The van der Waals surface area contributed by atoms with E-state index in [1.807, 2.05) is 29.2 Å². The zero-order valence-electron chi connectivity index (χ0n) is 13.9. The number of amides is 1. The minimum absolute atomic E-state index is 0.0238. The molecule has 0 N–H and O–H groups in total. The van der Waals surface area contributed by atoms with E-state index >= 15 is 0 Å². The molecule has 2 aliphatic heterocycles. The second-order valence-electron chi connectivity index (χ2n) is 6.99. The number of para-hydroxylation sites is 2. The Morgan fingerprint density at radius 2 is 1.88 bits per heavy atom. The zero-order chi connectivity index (χ0) is 16.7. The van der Waals surface area contributed by atoms with Crippen molar-refractivity contribution in [1.82, 2.24) is 19.4 Å². The molecule has 6 heteroatoms. The van der Waals surface area contributed by atoms with Gasteiger partial charge in [0, 0.05) is 25.2 Å². The highest BCUT2D eigenvalue weighted by Gasteiger charge is 2.48. The largest absolute Gasteiger partial charge is 0.335 e. The highest BCUT2D eigenvalue weighted by Crippen LogP contribution is 2.39. The van der Waals surface area contributed by atoms with Crippen LogP contribution in [0, 0.1) is 0 Å². The fraction of sp³-hybridized carbons (Fsp3) is 0.500. The van der Waals surface area contributed by atoms with Gasteiger partial charge in [-0.3, -0.25) is 14.2 Å². The van der Waals surface area contributed by atoms with E-state index in [2.05, 4.69) is 16.9 Å². The van der Waals surface area contributed by atoms with E-state index < -0.39 is 0 Å². The molecule has 0 saturated carbocycles. The van der Waals surface area contributed by atoms with E-state index in [4.69, 9.17) is 0 Å². The van der Waals surface area contributed by atoms with Gasteiger partial charge in [-0.15, -0.1) is 0 Å². The molecular formula is C18H22N4O2. The van der Waals surface area contributed by atoms with Crippen molar-refractivity contribution in [2.24, 2.45) is 0 Å².